The standard InChI is InChI=1S/C13H12F3N3S/c1-8-4-5-18-12(19-8)20-10-2-3-11(13(14,15)16)9(6-10)7-17/h2-6H,7,17H2,1H3. The second-order valence-electron chi connectivity index (χ2n) is 4.10. The minimum atomic E-state index is -4.39. The summed E-state index contributed by atoms with van der Waals surface area (Å²) < 4.78 is 38.3. The number of aromatic nitrogens is 2. The number of nitrogens with zero attached hydrogens (tertiary/aromatic N) is 2. The van der Waals surface area contributed by atoms with Crippen molar-refractivity contribution in [1.29, 1.82) is 0 Å². The Morgan fingerprint density at radius 2 is 2.00 bits per heavy atom. The molecule has 0 amide bonds. The molecule has 0 aliphatic heterocycles. The molecule has 0 spiro atoms. The zero-order valence-corrected chi connectivity index (χ0v) is 11.4. The maximum atomic E-state index is 12.8. The highest BCUT2D eigenvalue weighted by Crippen LogP contribution is 2.35. The number of aryl methyl sites for hydroxylation is 1. The van der Waals surface area contributed by atoms with Gasteiger partial charge in [-0.25, -0.2) is 9.97 Å². The van der Waals surface area contributed by atoms with Gasteiger partial charge in [0.05, 0.1) is 5.56 Å². The summed E-state index contributed by atoms with van der Waals surface area (Å²) in [6.45, 7) is 1.65. The molecule has 106 valence electrons. The summed E-state index contributed by atoms with van der Waals surface area (Å²) in [6, 6.07) is 5.62. The van der Waals surface area contributed by atoms with Gasteiger partial charge >= 0.3 is 6.18 Å². The first-order chi connectivity index (χ1) is 9.40. The van der Waals surface area contributed by atoms with E-state index in [0.717, 1.165) is 11.8 Å². The van der Waals surface area contributed by atoms with Gasteiger partial charge in [-0.05, 0) is 48.5 Å². The molecule has 7 heteroatoms. The van der Waals surface area contributed by atoms with Gasteiger partial charge in [0, 0.05) is 23.3 Å². The Balaban J connectivity index is 2.30. The van der Waals surface area contributed by atoms with Gasteiger partial charge in [0.25, 0.3) is 0 Å². The van der Waals surface area contributed by atoms with Crippen LogP contribution in [0.3, 0.4) is 0 Å². The molecular formula is C13H12F3N3S. The molecule has 0 saturated heterocycles. The van der Waals surface area contributed by atoms with Crippen LogP contribution in [0.5, 0.6) is 0 Å². The van der Waals surface area contributed by atoms with Gasteiger partial charge in [-0.1, -0.05) is 0 Å². The monoisotopic (exact) mass is 299 g/mol. The zero-order chi connectivity index (χ0) is 14.8. The number of hydrogen-bond donors (Lipinski definition) is 1. The Labute approximate surface area is 118 Å². The quantitative estimate of drug-likeness (QED) is 0.882. The number of halogens is 3. The predicted octanol–water partition coefficient (Wildman–Crippen LogP) is 3.41. The molecule has 0 bridgehead atoms. The van der Waals surface area contributed by atoms with E-state index in [1.165, 1.54) is 23.9 Å². The molecule has 0 aliphatic carbocycles. The van der Waals surface area contributed by atoms with Gasteiger partial charge in [0.2, 0.25) is 0 Å². The maximum Gasteiger partial charge on any atom is 0.416 e. The van der Waals surface area contributed by atoms with Crippen molar-refractivity contribution in [3.63, 3.8) is 0 Å². The average Bonchev–Trinajstić information content (AvgIpc) is 2.37. The fraction of sp³-hybridized carbons (Fsp3) is 0.231. The molecule has 2 aromatic rings. The van der Waals surface area contributed by atoms with Crippen LogP contribution in [0.4, 0.5) is 13.2 Å². The molecule has 1 aromatic carbocycles. The van der Waals surface area contributed by atoms with Crippen molar-refractivity contribution >= 4 is 11.8 Å². The van der Waals surface area contributed by atoms with Gasteiger partial charge in [-0.2, -0.15) is 13.2 Å². The number of hydrogen-bond acceptors (Lipinski definition) is 4. The summed E-state index contributed by atoms with van der Waals surface area (Å²) >= 11 is 1.21. The number of rotatable bonds is 3. The van der Waals surface area contributed by atoms with Gasteiger partial charge < -0.3 is 5.73 Å². The van der Waals surface area contributed by atoms with Crippen molar-refractivity contribution in [2.45, 2.75) is 29.7 Å². The molecule has 0 unspecified atom stereocenters. The lowest BCUT2D eigenvalue weighted by molar-refractivity contribution is -0.138. The molecule has 0 atom stereocenters. The van der Waals surface area contributed by atoms with Crippen LogP contribution in [0.15, 0.2) is 40.5 Å². The van der Waals surface area contributed by atoms with Crippen LogP contribution in [0.2, 0.25) is 0 Å². The summed E-state index contributed by atoms with van der Waals surface area (Å²) in [5, 5.41) is 0.493. The Hall–Kier alpha value is -1.60. The van der Waals surface area contributed by atoms with Crippen LogP contribution in [-0.2, 0) is 12.7 Å². The Morgan fingerprint density at radius 3 is 2.60 bits per heavy atom. The number of nitrogens with two attached hydrogens (primary N) is 1. The van der Waals surface area contributed by atoms with Crippen LogP contribution >= 0.6 is 11.8 Å². The van der Waals surface area contributed by atoms with Gasteiger partial charge in [0.15, 0.2) is 5.16 Å². The molecule has 0 fully saturated rings. The highest BCUT2D eigenvalue weighted by Gasteiger charge is 2.32. The third kappa shape index (κ3) is 3.49. The van der Waals surface area contributed by atoms with Crippen molar-refractivity contribution in [2.24, 2.45) is 5.73 Å². The number of benzene rings is 1. The van der Waals surface area contributed by atoms with Gasteiger partial charge in [-0.3, -0.25) is 0 Å². The molecular weight excluding hydrogens is 287 g/mol. The largest absolute Gasteiger partial charge is 0.416 e. The van der Waals surface area contributed by atoms with Crippen LogP contribution in [0.1, 0.15) is 16.8 Å². The summed E-state index contributed by atoms with van der Waals surface area (Å²) in [6.07, 6.45) is -2.78. The first-order valence-electron chi connectivity index (χ1n) is 5.78. The third-order valence-corrected chi connectivity index (χ3v) is 3.45. The molecule has 2 rings (SSSR count). The molecule has 1 heterocycles. The van der Waals surface area contributed by atoms with E-state index in [2.05, 4.69) is 9.97 Å². The van der Waals surface area contributed by atoms with E-state index in [0.29, 0.717) is 10.1 Å². The average molecular weight is 299 g/mol. The topological polar surface area (TPSA) is 51.8 Å². The summed E-state index contributed by atoms with van der Waals surface area (Å²) in [5.41, 5.74) is 5.56. The van der Waals surface area contributed by atoms with Gasteiger partial charge in [0.1, 0.15) is 0 Å². The van der Waals surface area contributed by atoms with E-state index in [1.807, 2.05) is 6.92 Å². The van der Waals surface area contributed by atoms with Crippen molar-refractivity contribution in [2.75, 3.05) is 0 Å². The normalized spacial score (nSPS) is 11.7. The van der Waals surface area contributed by atoms with Crippen molar-refractivity contribution in [1.82, 2.24) is 9.97 Å². The van der Waals surface area contributed by atoms with Crippen LogP contribution in [-0.4, -0.2) is 9.97 Å². The number of alkyl halides is 3. The van der Waals surface area contributed by atoms with Crippen molar-refractivity contribution < 1.29 is 13.2 Å². The second-order valence-corrected chi connectivity index (χ2v) is 5.14. The fourth-order valence-electron chi connectivity index (χ4n) is 1.66. The molecule has 20 heavy (non-hydrogen) atoms. The lowest BCUT2D eigenvalue weighted by Gasteiger charge is -2.12. The first-order valence-corrected chi connectivity index (χ1v) is 6.59. The third-order valence-electron chi connectivity index (χ3n) is 2.58. The Morgan fingerprint density at radius 1 is 1.25 bits per heavy atom. The first kappa shape index (κ1) is 14.8. The minimum Gasteiger partial charge on any atom is -0.326 e. The van der Waals surface area contributed by atoms with E-state index in [-0.39, 0.29) is 12.1 Å². The van der Waals surface area contributed by atoms with E-state index >= 15 is 0 Å². The zero-order valence-electron chi connectivity index (χ0n) is 10.6. The molecule has 0 aliphatic rings. The minimum absolute atomic E-state index is 0.0650. The lowest BCUT2D eigenvalue weighted by atomic mass is 10.1. The Bertz CT molecular complexity index is 614. The lowest BCUT2D eigenvalue weighted by Crippen LogP contribution is -2.11. The summed E-state index contributed by atoms with van der Waals surface area (Å²) in [7, 11) is 0. The van der Waals surface area contributed by atoms with E-state index < -0.39 is 11.7 Å². The van der Waals surface area contributed by atoms with Crippen molar-refractivity contribution in [3.8, 4) is 0 Å². The van der Waals surface area contributed by atoms with E-state index in [9.17, 15) is 13.2 Å². The van der Waals surface area contributed by atoms with Crippen molar-refractivity contribution in [3.05, 3.63) is 47.3 Å². The highest BCUT2D eigenvalue weighted by atomic mass is 32.2. The SMILES string of the molecule is Cc1ccnc(Sc2ccc(C(F)(F)F)c(CN)c2)n1. The van der Waals surface area contributed by atoms with Crippen LogP contribution in [0, 0.1) is 6.92 Å². The fourth-order valence-corrected chi connectivity index (χ4v) is 2.51. The van der Waals surface area contributed by atoms with Gasteiger partial charge in [-0.15, -0.1) is 0 Å². The smallest absolute Gasteiger partial charge is 0.326 e. The summed E-state index contributed by atoms with van der Waals surface area (Å²) in [4.78, 5) is 8.88. The molecule has 0 radical (unpaired) electrons. The molecule has 3 nitrogen and oxygen atoms in total. The highest BCUT2D eigenvalue weighted by molar-refractivity contribution is 7.99. The molecule has 1 aromatic heterocycles. The summed E-state index contributed by atoms with van der Waals surface area (Å²) in [5.74, 6) is 0. The predicted molar refractivity (Wildman–Crippen MR) is 70.2 cm³/mol. The molecule has 0 saturated carbocycles. The van der Waals surface area contributed by atoms with E-state index in [4.69, 9.17) is 5.73 Å². The second kappa shape index (κ2) is 5.80. The van der Waals surface area contributed by atoms with Crippen LogP contribution < -0.4 is 5.73 Å². The van der Waals surface area contributed by atoms with E-state index in [1.54, 1.807) is 12.3 Å². The maximum absolute atomic E-state index is 12.8. The Kier molecular flexibility index (Phi) is 4.29. The molecule has 2 N–H and O–H groups in total. The van der Waals surface area contributed by atoms with Crippen LogP contribution in [0.25, 0.3) is 0 Å².